The van der Waals surface area contributed by atoms with Crippen LogP contribution in [0.1, 0.15) is 46.0 Å². The first-order valence-electron chi connectivity index (χ1n) is 5.71. The lowest BCUT2D eigenvalue weighted by atomic mass is 9.94. The Hall–Kier alpha value is -1.32. The largest absolute Gasteiger partial charge is 0.477 e. The first kappa shape index (κ1) is 14.7. The van der Waals surface area contributed by atoms with E-state index < -0.39 is 17.5 Å². The van der Waals surface area contributed by atoms with Crippen molar-refractivity contribution < 1.29 is 19.8 Å². The van der Waals surface area contributed by atoms with Crippen LogP contribution < -0.4 is 0 Å². The van der Waals surface area contributed by atoms with Gasteiger partial charge in [0.2, 0.25) is 0 Å². The third-order valence-corrected chi connectivity index (χ3v) is 2.45. The molecule has 92 valence electrons. The molecule has 0 aliphatic heterocycles. The van der Waals surface area contributed by atoms with Crippen LogP contribution in [-0.4, -0.2) is 22.2 Å². The van der Waals surface area contributed by atoms with E-state index in [-0.39, 0.29) is 5.92 Å². The molecule has 0 saturated carbocycles. The molecule has 4 heteroatoms. The fraction of sp³-hybridized carbons (Fsp3) is 0.667. The normalized spacial score (nSPS) is 11.9. The zero-order chi connectivity index (χ0) is 12.6. The van der Waals surface area contributed by atoms with Crippen LogP contribution in [0.5, 0.6) is 0 Å². The Morgan fingerprint density at radius 1 is 1.06 bits per heavy atom. The molecule has 0 aliphatic carbocycles. The van der Waals surface area contributed by atoms with E-state index in [9.17, 15) is 9.59 Å². The van der Waals surface area contributed by atoms with Gasteiger partial charge in [0.25, 0.3) is 0 Å². The molecule has 0 heterocycles. The average Bonchev–Trinajstić information content (AvgIpc) is 2.21. The van der Waals surface area contributed by atoms with Crippen molar-refractivity contribution >= 4 is 11.9 Å². The molecule has 4 nitrogen and oxygen atoms in total. The molecule has 0 aromatic rings. The zero-order valence-electron chi connectivity index (χ0n) is 9.90. The average molecular weight is 228 g/mol. The monoisotopic (exact) mass is 228 g/mol. The highest BCUT2D eigenvalue weighted by Crippen LogP contribution is 2.18. The first-order valence-corrected chi connectivity index (χ1v) is 5.71. The second kappa shape index (κ2) is 7.91. The van der Waals surface area contributed by atoms with E-state index in [1.165, 1.54) is 6.08 Å². The third-order valence-electron chi connectivity index (χ3n) is 2.45. The summed E-state index contributed by atoms with van der Waals surface area (Å²) < 4.78 is 0. The van der Waals surface area contributed by atoms with Gasteiger partial charge in [-0.25, -0.2) is 9.59 Å². The number of rotatable bonds is 8. The van der Waals surface area contributed by atoms with Gasteiger partial charge in [-0.3, -0.25) is 0 Å². The summed E-state index contributed by atoms with van der Waals surface area (Å²) in [4.78, 5) is 21.4. The lowest BCUT2D eigenvalue weighted by molar-refractivity contribution is -0.140. The van der Waals surface area contributed by atoms with Gasteiger partial charge >= 0.3 is 11.9 Å². The molecular weight excluding hydrogens is 208 g/mol. The molecule has 0 amide bonds. The highest BCUT2D eigenvalue weighted by Gasteiger charge is 2.18. The molecule has 0 spiro atoms. The molecule has 1 atom stereocenters. The molecule has 0 bridgehead atoms. The Labute approximate surface area is 96.0 Å². The highest BCUT2D eigenvalue weighted by atomic mass is 16.4. The van der Waals surface area contributed by atoms with Gasteiger partial charge < -0.3 is 10.2 Å². The number of carboxylic acids is 2. The van der Waals surface area contributed by atoms with E-state index in [2.05, 4.69) is 6.92 Å². The van der Waals surface area contributed by atoms with Crippen molar-refractivity contribution in [3.63, 3.8) is 0 Å². The van der Waals surface area contributed by atoms with Crippen LogP contribution >= 0.6 is 0 Å². The van der Waals surface area contributed by atoms with E-state index in [1.807, 2.05) is 6.92 Å². The molecule has 16 heavy (non-hydrogen) atoms. The maximum absolute atomic E-state index is 10.7. The number of aliphatic carboxylic acids is 2. The van der Waals surface area contributed by atoms with Crippen molar-refractivity contribution in [2.45, 2.75) is 46.0 Å². The van der Waals surface area contributed by atoms with Gasteiger partial charge in [-0.2, -0.15) is 0 Å². The number of carbonyl (C=O) groups is 2. The summed E-state index contributed by atoms with van der Waals surface area (Å²) in [5.74, 6) is -2.65. The smallest absolute Gasteiger partial charge is 0.342 e. The Morgan fingerprint density at radius 3 is 2.00 bits per heavy atom. The summed E-state index contributed by atoms with van der Waals surface area (Å²) in [6.07, 6.45) is 6.04. The van der Waals surface area contributed by atoms with Crippen LogP contribution in [0.4, 0.5) is 0 Å². The molecule has 0 aromatic heterocycles. The fourth-order valence-corrected chi connectivity index (χ4v) is 1.62. The van der Waals surface area contributed by atoms with Gasteiger partial charge in [-0.05, 0) is 18.8 Å². The molecule has 0 aromatic carbocycles. The standard InChI is InChI=1S/C12H20O4/c1-3-5-7-9(6-4-2)8-10(11(13)14)12(15)16/h8-9H,3-7H2,1-2H3,(H,13,14)(H,15,16). The maximum atomic E-state index is 10.7. The SMILES string of the molecule is CCCCC(C=C(C(=O)O)C(=O)O)CCC. The fourth-order valence-electron chi connectivity index (χ4n) is 1.62. The summed E-state index contributed by atoms with van der Waals surface area (Å²) in [5.41, 5.74) is -0.505. The Bertz CT molecular complexity index is 252. The maximum Gasteiger partial charge on any atom is 0.342 e. The molecule has 0 fully saturated rings. The molecule has 1 unspecified atom stereocenters. The molecular formula is C12H20O4. The minimum absolute atomic E-state index is 0.0622. The summed E-state index contributed by atoms with van der Waals surface area (Å²) >= 11 is 0. The van der Waals surface area contributed by atoms with E-state index >= 15 is 0 Å². The molecule has 0 radical (unpaired) electrons. The van der Waals surface area contributed by atoms with Gasteiger partial charge in [0, 0.05) is 0 Å². The zero-order valence-corrected chi connectivity index (χ0v) is 9.90. The minimum Gasteiger partial charge on any atom is -0.477 e. The van der Waals surface area contributed by atoms with Crippen LogP contribution in [0.15, 0.2) is 11.6 Å². The van der Waals surface area contributed by atoms with Gasteiger partial charge in [0.15, 0.2) is 0 Å². The molecule has 0 saturated heterocycles. The number of unbranched alkanes of at least 4 members (excludes halogenated alkanes) is 1. The van der Waals surface area contributed by atoms with E-state index in [0.717, 1.165) is 32.1 Å². The second-order valence-electron chi connectivity index (χ2n) is 3.88. The summed E-state index contributed by atoms with van der Waals surface area (Å²) in [6.45, 7) is 4.07. The predicted octanol–water partition coefficient (Wildman–Crippen LogP) is 2.69. The van der Waals surface area contributed by atoms with Crippen molar-refractivity contribution in [1.82, 2.24) is 0 Å². The summed E-state index contributed by atoms with van der Waals surface area (Å²) in [7, 11) is 0. The second-order valence-corrected chi connectivity index (χ2v) is 3.88. The van der Waals surface area contributed by atoms with Crippen molar-refractivity contribution in [2.24, 2.45) is 5.92 Å². The Balaban J connectivity index is 4.68. The summed E-state index contributed by atoms with van der Waals surface area (Å²) in [5, 5.41) is 17.5. The van der Waals surface area contributed by atoms with Crippen LogP contribution in [-0.2, 0) is 9.59 Å². The van der Waals surface area contributed by atoms with Crippen molar-refractivity contribution in [1.29, 1.82) is 0 Å². The number of hydrogen-bond donors (Lipinski definition) is 2. The van der Waals surface area contributed by atoms with Gasteiger partial charge in [-0.1, -0.05) is 39.2 Å². The topological polar surface area (TPSA) is 74.6 Å². The van der Waals surface area contributed by atoms with Gasteiger partial charge in [0.1, 0.15) is 5.57 Å². The minimum atomic E-state index is -1.36. The van der Waals surface area contributed by atoms with Gasteiger partial charge in [-0.15, -0.1) is 0 Å². The predicted molar refractivity (Wildman–Crippen MR) is 61.3 cm³/mol. The van der Waals surface area contributed by atoms with E-state index in [4.69, 9.17) is 10.2 Å². The number of carboxylic acid groups (broad SMARTS) is 2. The lowest BCUT2D eigenvalue weighted by Gasteiger charge is -2.11. The number of allylic oxidation sites excluding steroid dienone is 1. The van der Waals surface area contributed by atoms with Crippen LogP contribution in [0, 0.1) is 5.92 Å². The Kier molecular flexibility index (Phi) is 7.25. The Morgan fingerprint density at radius 2 is 1.62 bits per heavy atom. The van der Waals surface area contributed by atoms with Crippen molar-refractivity contribution in [3.8, 4) is 0 Å². The number of hydrogen-bond acceptors (Lipinski definition) is 2. The summed E-state index contributed by atoms with van der Waals surface area (Å²) in [6, 6.07) is 0. The highest BCUT2D eigenvalue weighted by molar-refractivity contribution is 6.12. The lowest BCUT2D eigenvalue weighted by Crippen LogP contribution is -2.13. The molecule has 0 rings (SSSR count). The van der Waals surface area contributed by atoms with E-state index in [0.29, 0.717) is 0 Å². The molecule has 0 aliphatic rings. The van der Waals surface area contributed by atoms with Crippen molar-refractivity contribution in [3.05, 3.63) is 11.6 Å². The first-order chi connectivity index (χ1) is 7.52. The van der Waals surface area contributed by atoms with Gasteiger partial charge in [0.05, 0.1) is 0 Å². The van der Waals surface area contributed by atoms with E-state index in [1.54, 1.807) is 0 Å². The van der Waals surface area contributed by atoms with Crippen LogP contribution in [0.25, 0.3) is 0 Å². The molecule has 2 N–H and O–H groups in total. The quantitative estimate of drug-likeness (QED) is 0.380. The van der Waals surface area contributed by atoms with Crippen molar-refractivity contribution in [2.75, 3.05) is 0 Å². The third kappa shape index (κ3) is 5.53. The van der Waals surface area contributed by atoms with Crippen LogP contribution in [0.3, 0.4) is 0 Å². The van der Waals surface area contributed by atoms with Crippen LogP contribution in [0.2, 0.25) is 0 Å².